The zero-order chi connectivity index (χ0) is 13.2. The monoisotopic (exact) mass is 254 g/mol. The Morgan fingerprint density at radius 2 is 1.89 bits per heavy atom. The first-order valence-corrected chi connectivity index (χ1v) is 7.13. The third kappa shape index (κ3) is 2.86. The molecule has 0 aromatic rings. The molecule has 1 saturated heterocycles. The van der Waals surface area contributed by atoms with E-state index in [0.717, 1.165) is 51.9 Å². The molecular formula is C14H26N2O2. The number of carbonyl (C=O) groups is 1. The number of ether oxygens (including phenoxy) is 1. The summed E-state index contributed by atoms with van der Waals surface area (Å²) in [7, 11) is 0. The SMILES string of the molecule is CC(C)(C)OC(=O)C1(N2CCCNCC2)CCC1. The van der Waals surface area contributed by atoms with E-state index < -0.39 is 0 Å². The Hall–Kier alpha value is -0.610. The number of esters is 1. The molecule has 18 heavy (non-hydrogen) atoms. The highest BCUT2D eigenvalue weighted by molar-refractivity contribution is 5.82. The molecule has 0 atom stereocenters. The van der Waals surface area contributed by atoms with Gasteiger partial charge < -0.3 is 10.1 Å². The van der Waals surface area contributed by atoms with Gasteiger partial charge in [0.1, 0.15) is 11.1 Å². The smallest absolute Gasteiger partial charge is 0.327 e. The topological polar surface area (TPSA) is 41.6 Å². The third-order valence-electron chi connectivity index (χ3n) is 3.90. The van der Waals surface area contributed by atoms with Crippen molar-refractivity contribution in [1.29, 1.82) is 0 Å². The summed E-state index contributed by atoms with van der Waals surface area (Å²) in [6.07, 6.45) is 4.18. The zero-order valence-electron chi connectivity index (χ0n) is 11.9. The van der Waals surface area contributed by atoms with Crippen molar-refractivity contribution in [2.75, 3.05) is 26.2 Å². The van der Waals surface area contributed by atoms with E-state index in [9.17, 15) is 4.79 Å². The van der Waals surface area contributed by atoms with Crippen molar-refractivity contribution in [3.05, 3.63) is 0 Å². The van der Waals surface area contributed by atoms with Crippen LogP contribution in [0.3, 0.4) is 0 Å². The van der Waals surface area contributed by atoms with Gasteiger partial charge in [0.15, 0.2) is 0 Å². The van der Waals surface area contributed by atoms with E-state index in [-0.39, 0.29) is 17.1 Å². The molecule has 4 heteroatoms. The van der Waals surface area contributed by atoms with Crippen LogP contribution in [0.15, 0.2) is 0 Å². The average molecular weight is 254 g/mol. The van der Waals surface area contributed by atoms with Gasteiger partial charge in [-0.05, 0) is 53.0 Å². The van der Waals surface area contributed by atoms with Crippen molar-refractivity contribution in [3.8, 4) is 0 Å². The first-order valence-electron chi connectivity index (χ1n) is 7.13. The minimum Gasteiger partial charge on any atom is -0.459 e. The number of hydrogen-bond donors (Lipinski definition) is 1. The lowest BCUT2D eigenvalue weighted by atomic mass is 9.75. The van der Waals surface area contributed by atoms with E-state index in [2.05, 4.69) is 10.2 Å². The molecule has 0 aromatic carbocycles. The molecule has 104 valence electrons. The first kappa shape index (κ1) is 13.8. The van der Waals surface area contributed by atoms with Gasteiger partial charge >= 0.3 is 5.97 Å². The van der Waals surface area contributed by atoms with Crippen LogP contribution < -0.4 is 5.32 Å². The van der Waals surface area contributed by atoms with E-state index in [1.807, 2.05) is 20.8 Å². The second kappa shape index (κ2) is 5.17. The molecule has 2 aliphatic rings. The van der Waals surface area contributed by atoms with Crippen LogP contribution in [-0.2, 0) is 9.53 Å². The molecule has 4 nitrogen and oxygen atoms in total. The van der Waals surface area contributed by atoms with E-state index in [1.165, 1.54) is 0 Å². The summed E-state index contributed by atoms with van der Waals surface area (Å²) in [6, 6.07) is 0. The Balaban J connectivity index is 2.06. The van der Waals surface area contributed by atoms with Crippen molar-refractivity contribution in [2.24, 2.45) is 0 Å². The molecule has 0 aromatic heterocycles. The molecule has 0 bridgehead atoms. The predicted molar refractivity (Wildman–Crippen MR) is 71.5 cm³/mol. The van der Waals surface area contributed by atoms with Crippen molar-refractivity contribution in [3.63, 3.8) is 0 Å². The van der Waals surface area contributed by atoms with Crippen LogP contribution >= 0.6 is 0 Å². The van der Waals surface area contributed by atoms with E-state index in [4.69, 9.17) is 4.74 Å². The Labute approximate surface area is 110 Å². The van der Waals surface area contributed by atoms with Gasteiger partial charge in [-0.3, -0.25) is 9.69 Å². The summed E-state index contributed by atoms with van der Waals surface area (Å²) >= 11 is 0. The van der Waals surface area contributed by atoms with Crippen molar-refractivity contribution in [2.45, 2.75) is 57.6 Å². The predicted octanol–water partition coefficient (Wildman–Crippen LogP) is 1.55. The third-order valence-corrected chi connectivity index (χ3v) is 3.90. The number of nitrogens with zero attached hydrogens (tertiary/aromatic N) is 1. The minimum absolute atomic E-state index is 0.0110. The van der Waals surface area contributed by atoms with Gasteiger partial charge in [-0.15, -0.1) is 0 Å². The quantitative estimate of drug-likeness (QED) is 0.759. The van der Waals surface area contributed by atoms with Crippen LogP contribution in [0, 0.1) is 0 Å². The highest BCUT2D eigenvalue weighted by Crippen LogP contribution is 2.40. The maximum absolute atomic E-state index is 12.5. The van der Waals surface area contributed by atoms with Gasteiger partial charge in [-0.2, -0.15) is 0 Å². The lowest BCUT2D eigenvalue weighted by molar-refractivity contribution is -0.176. The van der Waals surface area contributed by atoms with E-state index in [1.54, 1.807) is 0 Å². The van der Waals surface area contributed by atoms with Gasteiger partial charge in [0.25, 0.3) is 0 Å². The van der Waals surface area contributed by atoms with Crippen molar-refractivity contribution >= 4 is 5.97 Å². The molecule has 1 aliphatic carbocycles. The van der Waals surface area contributed by atoms with Gasteiger partial charge in [0, 0.05) is 19.6 Å². The van der Waals surface area contributed by atoms with Crippen LogP contribution in [-0.4, -0.2) is 48.2 Å². The molecule has 1 aliphatic heterocycles. The Morgan fingerprint density at radius 3 is 2.44 bits per heavy atom. The molecular weight excluding hydrogens is 228 g/mol. The van der Waals surface area contributed by atoms with E-state index in [0.29, 0.717) is 0 Å². The fourth-order valence-corrected chi connectivity index (χ4v) is 2.81. The maximum atomic E-state index is 12.5. The molecule has 0 spiro atoms. The summed E-state index contributed by atoms with van der Waals surface area (Å²) in [4.78, 5) is 14.8. The molecule has 2 rings (SSSR count). The highest BCUT2D eigenvalue weighted by atomic mass is 16.6. The van der Waals surface area contributed by atoms with Crippen molar-refractivity contribution < 1.29 is 9.53 Å². The number of hydrogen-bond acceptors (Lipinski definition) is 4. The standard InChI is InChI=1S/C14H26N2O2/c1-13(2,3)18-12(17)14(6-4-7-14)16-10-5-8-15-9-11-16/h15H,4-11H2,1-3H3. The van der Waals surface area contributed by atoms with Crippen LogP contribution in [0.25, 0.3) is 0 Å². The Morgan fingerprint density at radius 1 is 1.17 bits per heavy atom. The molecule has 1 saturated carbocycles. The van der Waals surface area contributed by atoms with Crippen LogP contribution in [0.5, 0.6) is 0 Å². The second-order valence-corrected chi connectivity index (χ2v) is 6.48. The van der Waals surface area contributed by atoms with Crippen LogP contribution in [0.4, 0.5) is 0 Å². The van der Waals surface area contributed by atoms with Crippen molar-refractivity contribution in [1.82, 2.24) is 10.2 Å². The normalized spacial score (nSPS) is 25.1. The average Bonchev–Trinajstić information content (AvgIpc) is 2.41. The Kier molecular flexibility index (Phi) is 3.97. The Bertz CT molecular complexity index is 297. The first-order chi connectivity index (χ1) is 8.44. The number of carbonyl (C=O) groups excluding carboxylic acids is 1. The fraction of sp³-hybridized carbons (Fsp3) is 0.929. The molecule has 2 fully saturated rings. The zero-order valence-corrected chi connectivity index (χ0v) is 11.9. The minimum atomic E-state index is -0.385. The lowest BCUT2D eigenvalue weighted by Crippen LogP contribution is -2.61. The number of nitrogens with one attached hydrogen (secondary N) is 1. The van der Waals surface area contributed by atoms with Gasteiger partial charge in [-0.1, -0.05) is 0 Å². The van der Waals surface area contributed by atoms with E-state index >= 15 is 0 Å². The molecule has 1 N–H and O–H groups in total. The second-order valence-electron chi connectivity index (χ2n) is 6.48. The highest BCUT2D eigenvalue weighted by Gasteiger charge is 2.51. The summed E-state index contributed by atoms with van der Waals surface area (Å²) in [5.74, 6) is -0.0110. The largest absolute Gasteiger partial charge is 0.459 e. The van der Waals surface area contributed by atoms with Gasteiger partial charge in [-0.25, -0.2) is 0 Å². The van der Waals surface area contributed by atoms with Gasteiger partial charge in [0.2, 0.25) is 0 Å². The van der Waals surface area contributed by atoms with Gasteiger partial charge in [0.05, 0.1) is 0 Å². The summed E-state index contributed by atoms with van der Waals surface area (Å²) < 4.78 is 5.64. The summed E-state index contributed by atoms with van der Waals surface area (Å²) in [6.45, 7) is 9.83. The summed E-state index contributed by atoms with van der Waals surface area (Å²) in [5.41, 5.74) is -0.705. The maximum Gasteiger partial charge on any atom is 0.327 e. The molecule has 0 radical (unpaired) electrons. The molecule has 0 amide bonds. The summed E-state index contributed by atoms with van der Waals surface area (Å²) in [5, 5.41) is 3.39. The molecule has 0 unspecified atom stereocenters. The number of rotatable bonds is 2. The van der Waals surface area contributed by atoms with Crippen LogP contribution in [0.1, 0.15) is 46.5 Å². The molecule has 1 heterocycles. The van der Waals surface area contributed by atoms with Crippen LogP contribution in [0.2, 0.25) is 0 Å². The fourth-order valence-electron chi connectivity index (χ4n) is 2.81. The lowest BCUT2D eigenvalue weighted by Gasteiger charge is -2.48.